The molecule has 0 radical (unpaired) electrons. The van der Waals surface area contributed by atoms with Gasteiger partial charge in [0.05, 0.1) is 23.1 Å². The molecule has 0 saturated carbocycles. The summed E-state index contributed by atoms with van der Waals surface area (Å²) in [6.45, 7) is 2.64. The first-order chi connectivity index (χ1) is 15.0. The van der Waals surface area contributed by atoms with E-state index in [1.807, 2.05) is 0 Å². The maximum atomic E-state index is 14.4. The van der Waals surface area contributed by atoms with Crippen LogP contribution in [0.3, 0.4) is 0 Å². The van der Waals surface area contributed by atoms with Crippen LogP contribution in [0.15, 0.2) is 54.9 Å². The number of carbonyl (C=O) groups excluding carboxylic acids is 2. The number of aromatic nitrogens is 2. The molecule has 0 N–H and O–H groups in total. The van der Waals surface area contributed by atoms with Crippen LogP contribution in [0, 0.1) is 11.2 Å². The molecule has 1 aliphatic heterocycles. The molecule has 2 aromatic carbocycles. The third-order valence-electron chi connectivity index (χ3n) is 5.79. The molecule has 7 heteroatoms. The molecule has 31 heavy (non-hydrogen) atoms. The molecule has 2 heterocycles. The number of piperidine rings is 1. The number of rotatable bonds is 5. The van der Waals surface area contributed by atoms with Crippen molar-refractivity contribution in [2.75, 3.05) is 19.7 Å². The molecule has 0 aliphatic carbocycles. The number of benzene rings is 2. The topological polar surface area (TPSA) is 72.4 Å². The third-order valence-corrected chi connectivity index (χ3v) is 5.79. The lowest BCUT2D eigenvalue weighted by atomic mass is 9.74. The summed E-state index contributed by atoms with van der Waals surface area (Å²) < 4.78 is 19.8. The fourth-order valence-electron chi connectivity index (χ4n) is 4.31. The number of esters is 1. The molecule has 1 saturated heterocycles. The van der Waals surface area contributed by atoms with Crippen molar-refractivity contribution in [1.29, 1.82) is 0 Å². The molecule has 1 aromatic heterocycles. The normalized spacial score (nSPS) is 18.7. The van der Waals surface area contributed by atoms with E-state index in [0.717, 1.165) is 0 Å². The van der Waals surface area contributed by atoms with Gasteiger partial charge < -0.3 is 9.64 Å². The van der Waals surface area contributed by atoms with E-state index in [2.05, 4.69) is 9.97 Å². The number of ether oxygens (including phenoxy) is 1. The van der Waals surface area contributed by atoms with Crippen molar-refractivity contribution in [2.24, 2.45) is 5.41 Å². The highest BCUT2D eigenvalue weighted by Gasteiger charge is 2.45. The molecule has 1 aliphatic rings. The monoisotopic (exact) mass is 421 g/mol. The van der Waals surface area contributed by atoms with E-state index in [1.54, 1.807) is 60.6 Å². The van der Waals surface area contributed by atoms with Crippen LogP contribution >= 0.6 is 0 Å². The summed E-state index contributed by atoms with van der Waals surface area (Å²) in [5, 5.41) is 0. The van der Waals surface area contributed by atoms with Gasteiger partial charge in [0.1, 0.15) is 11.3 Å². The van der Waals surface area contributed by atoms with Crippen LogP contribution in [0.5, 0.6) is 0 Å². The van der Waals surface area contributed by atoms with Gasteiger partial charge in [0.2, 0.25) is 0 Å². The van der Waals surface area contributed by atoms with Gasteiger partial charge in [-0.2, -0.15) is 0 Å². The molecule has 1 atom stereocenters. The standard InChI is InChI=1S/C24H24FN3O3/c1-2-31-23(30)24(15-17-7-3-4-9-19(17)25)11-6-14-28(16-24)22(29)18-8-5-10-20-21(18)27-13-12-26-20/h3-5,7-10,12-13H,2,6,11,14-16H2,1H3. The Morgan fingerprint density at radius 2 is 1.94 bits per heavy atom. The Morgan fingerprint density at radius 3 is 2.74 bits per heavy atom. The molecule has 1 amide bonds. The summed E-state index contributed by atoms with van der Waals surface area (Å²) in [5.74, 6) is -0.972. The molecule has 3 aromatic rings. The van der Waals surface area contributed by atoms with Crippen molar-refractivity contribution in [3.63, 3.8) is 0 Å². The van der Waals surface area contributed by atoms with Crippen LogP contribution in [0.2, 0.25) is 0 Å². The minimum atomic E-state index is -0.998. The van der Waals surface area contributed by atoms with Crippen molar-refractivity contribution < 1.29 is 18.7 Å². The third kappa shape index (κ3) is 4.13. The van der Waals surface area contributed by atoms with E-state index in [4.69, 9.17) is 4.74 Å². The highest BCUT2D eigenvalue weighted by atomic mass is 19.1. The van der Waals surface area contributed by atoms with E-state index in [0.29, 0.717) is 41.5 Å². The Morgan fingerprint density at radius 1 is 1.13 bits per heavy atom. The van der Waals surface area contributed by atoms with Crippen LogP contribution in [0.25, 0.3) is 11.0 Å². The zero-order valence-electron chi connectivity index (χ0n) is 17.4. The summed E-state index contributed by atoms with van der Waals surface area (Å²) in [7, 11) is 0. The SMILES string of the molecule is CCOC(=O)C1(Cc2ccccc2F)CCCN(C(=O)c2cccc3nccnc23)C1. The predicted octanol–water partition coefficient (Wildman–Crippen LogP) is 3.80. The Hall–Kier alpha value is -3.35. The van der Waals surface area contributed by atoms with Crippen LogP contribution < -0.4 is 0 Å². The number of hydrogen-bond acceptors (Lipinski definition) is 5. The lowest BCUT2D eigenvalue weighted by molar-refractivity contribution is -0.158. The van der Waals surface area contributed by atoms with Gasteiger partial charge in [0, 0.05) is 25.5 Å². The average molecular weight is 421 g/mol. The molecule has 6 nitrogen and oxygen atoms in total. The first-order valence-electron chi connectivity index (χ1n) is 10.4. The number of halogens is 1. The number of likely N-dealkylation sites (tertiary alicyclic amines) is 1. The van der Waals surface area contributed by atoms with Crippen molar-refractivity contribution in [3.05, 3.63) is 71.8 Å². The van der Waals surface area contributed by atoms with Gasteiger partial charge in [-0.3, -0.25) is 19.6 Å². The number of carbonyl (C=O) groups is 2. The van der Waals surface area contributed by atoms with Gasteiger partial charge in [0.15, 0.2) is 0 Å². The molecule has 0 spiro atoms. The minimum Gasteiger partial charge on any atom is -0.466 e. The molecular weight excluding hydrogens is 397 g/mol. The predicted molar refractivity (Wildman–Crippen MR) is 114 cm³/mol. The lowest BCUT2D eigenvalue weighted by Crippen LogP contribution is -2.51. The highest BCUT2D eigenvalue weighted by molar-refractivity contribution is 6.04. The second kappa shape index (κ2) is 8.79. The molecule has 1 unspecified atom stereocenters. The summed E-state index contributed by atoms with van der Waals surface area (Å²) in [4.78, 5) is 36.7. The number of fused-ring (bicyclic) bond motifs is 1. The van der Waals surface area contributed by atoms with E-state index in [1.165, 1.54) is 6.07 Å². The minimum absolute atomic E-state index is 0.162. The fraction of sp³-hybridized carbons (Fsp3) is 0.333. The number of nitrogens with zero attached hydrogens (tertiary/aromatic N) is 3. The van der Waals surface area contributed by atoms with Crippen molar-refractivity contribution in [1.82, 2.24) is 14.9 Å². The summed E-state index contributed by atoms with van der Waals surface area (Å²) in [6, 6.07) is 11.7. The Bertz CT molecular complexity index is 1110. The molecule has 4 rings (SSSR count). The molecule has 1 fully saturated rings. The fourth-order valence-corrected chi connectivity index (χ4v) is 4.31. The number of hydrogen-bond donors (Lipinski definition) is 0. The van der Waals surface area contributed by atoms with Gasteiger partial charge >= 0.3 is 5.97 Å². The highest BCUT2D eigenvalue weighted by Crippen LogP contribution is 2.36. The zero-order valence-corrected chi connectivity index (χ0v) is 17.4. The van der Waals surface area contributed by atoms with Crippen LogP contribution in [0.4, 0.5) is 4.39 Å². The Balaban J connectivity index is 1.68. The first-order valence-corrected chi connectivity index (χ1v) is 10.4. The summed E-state index contributed by atoms with van der Waals surface area (Å²) in [6.07, 6.45) is 4.46. The van der Waals surface area contributed by atoms with Crippen LogP contribution in [-0.2, 0) is 16.0 Å². The first kappa shape index (κ1) is 20.9. The van der Waals surface area contributed by atoms with E-state index in [9.17, 15) is 14.0 Å². The van der Waals surface area contributed by atoms with Crippen LogP contribution in [-0.4, -0.2) is 46.4 Å². The van der Waals surface area contributed by atoms with Gasteiger partial charge in [-0.25, -0.2) is 4.39 Å². The zero-order chi connectivity index (χ0) is 21.8. The number of para-hydroxylation sites is 1. The quantitative estimate of drug-likeness (QED) is 0.586. The van der Waals surface area contributed by atoms with Crippen LogP contribution in [0.1, 0.15) is 35.7 Å². The molecular formula is C24H24FN3O3. The van der Waals surface area contributed by atoms with E-state index >= 15 is 0 Å². The van der Waals surface area contributed by atoms with E-state index in [-0.39, 0.29) is 31.3 Å². The number of amides is 1. The lowest BCUT2D eigenvalue weighted by Gasteiger charge is -2.41. The maximum Gasteiger partial charge on any atom is 0.314 e. The van der Waals surface area contributed by atoms with E-state index < -0.39 is 11.4 Å². The van der Waals surface area contributed by atoms with Gasteiger partial charge in [-0.15, -0.1) is 0 Å². The Labute approximate surface area is 180 Å². The summed E-state index contributed by atoms with van der Waals surface area (Å²) in [5.41, 5.74) is 1.05. The maximum absolute atomic E-state index is 14.4. The summed E-state index contributed by atoms with van der Waals surface area (Å²) >= 11 is 0. The molecule has 160 valence electrons. The van der Waals surface area contributed by atoms with Crippen molar-refractivity contribution >= 4 is 22.9 Å². The molecule has 0 bridgehead atoms. The van der Waals surface area contributed by atoms with Gasteiger partial charge in [-0.05, 0) is 49.9 Å². The van der Waals surface area contributed by atoms with Crippen molar-refractivity contribution in [3.8, 4) is 0 Å². The van der Waals surface area contributed by atoms with Gasteiger partial charge in [0.25, 0.3) is 5.91 Å². The van der Waals surface area contributed by atoms with Gasteiger partial charge in [-0.1, -0.05) is 24.3 Å². The Kier molecular flexibility index (Phi) is 5.93. The average Bonchev–Trinajstić information content (AvgIpc) is 2.80. The smallest absolute Gasteiger partial charge is 0.314 e. The largest absolute Gasteiger partial charge is 0.466 e. The second-order valence-corrected chi connectivity index (χ2v) is 7.83. The second-order valence-electron chi connectivity index (χ2n) is 7.83. The van der Waals surface area contributed by atoms with Crippen molar-refractivity contribution in [2.45, 2.75) is 26.2 Å².